The topological polar surface area (TPSA) is 27.7 Å². The third-order valence-corrected chi connectivity index (χ3v) is 12.5. The van der Waals surface area contributed by atoms with Crippen molar-refractivity contribution >= 4 is 25.0 Å². The van der Waals surface area contributed by atoms with Crippen LogP contribution in [0.1, 0.15) is 65.7 Å². The number of rotatable bonds is 6. The van der Waals surface area contributed by atoms with Crippen LogP contribution in [0.25, 0.3) is 0 Å². The lowest BCUT2D eigenvalue weighted by atomic mass is 9.47. The molecule has 3 saturated carbocycles. The van der Waals surface area contributed by atoms with Gasteiger partial charge in [0.15, 0.2) is 8.32 Å². The van der Waals surface area contributed by atoms with E-state index in [0.29, 0.717) is 5.41 Å². The van der Waals surface area contributed by atoms with E-state index in [4.69, 9.17) is 13.3 Å². The molecule has 3 nitrogen and oxygen atoms in total. The fraction of sp³-hybridized carbons (Fsp3) is 0.862. The van der Waals surface area contributed by atoms with Gasteiger partial charge in [0.05, 0.1) is 5.60 Å². The number of hydrogen-bond acceptors (Lipinski definition) is 3. The lowest BCUT2D eigenvalue weighted by Crippen LogP contribution is -2.56. The Morgan fingerprint density at radius 1 is 0.743 bits per heavy atom. The van der Waals surface area contributed by atoms with Crippen LogP contribution in [-0.2, 0) is 13.3 Å². The molecule has 35 heavy (non-hydrogen) atoms. The molecule has 4 aliphatic rings. The van der Waals surface area contributed by atoms with E-state index in [1.165, 1.54) is 38.5 Å². The van der Waals surface area contributed by atoms with Crippen molar-refractivity contribution in [3.05, 3.63) is 23.2 Å². The van der Waals surface area contributed by atoms with E-state index in [1.54, 1.807) is 5.57 Å². The average Bonchev–Trinajstić information content (AvgIpc) is 2.91. The van der Waals surface area contributed by atoms with E-state index in [-0.39, 0.29) is 11.0 Å². The monoisotopic (exact) mass is 534 g/mol. The first-order valence-electron chi connectivity index (χ1n) is 14.3. The molecule has 6 heteroatoms. The van der Waals surface area contributed by atoms with Gasteiger partial charge >= 0.3 is 0 Å². The summed E-state index contributed by atoms with van der Waals surface area (Å²) in [5.41, 5.74) is 2.13. The maximum atomic E-state index is 6.99. The van der Waals surface area contributed by atoms with Crippen molar-refractivity contribution in [1.29, 1.82) is 0 Å². The standard InChI is InChI=1S/C29H54O3Si3/c1-27-18-17-25(30-33(4,5)6)26(31-34(7,8)9)24(27)14-13-21-22(27)15-19-28(2)23(21)16-20-29(28,3)32-35(10,11)12/h17,21-23H,13-16,18-20H2,1-12H3/t21?,22?,23?,27?,28?,29-/m0/s1. The van der Waals surface area contributed by atoms with E-state index in [1.807, 2.05) is 0 Å². The molecular formula is C29H54O3Si3. The molecule has 0 spiro atoms. The number of fused-ring (bicyclic) bond motifs is 5. The van der Waals surface area contributed by atoms with Crippen LogP contribution < -0.4 is 0 Å². The molecule has 0 amide bonds. The first-order chi connectivity index (χ1) is 15.8. The molecule has 3 fully saturated rings. The zero-order chi connectivity index (χ0) is 26.2. The van der Waals surface area contributed by atoms with Gasteiger partial charge in [-0.1, -0.05) is 13.8 Å². The molecule has 0 N–H and O–H groups in total. The van der Waals surface area contributed by atoms with Crippen molar-refractivity contribution in [2.75, 3.05) is 0 Å². The summed E-state index contributed by atoms with van der Waals surface area (Å²) in [6.45, 7) is 28.5. The lowest BCUT2D eigenvalue weighted by molar-refractivity contribution is -0.108. The quantitative estimate of drug-likeness (QED) is 0.318. The minimum absolute atomic E-state index is 0.0427. The molecule has 0 aromatic carbocycles. The van der Waals surface area contributed by atoms with Crippen molar-refractivity contribution in [2.45, 2.75) is 130 Å². The molecule has 0 aromatic heterocycles. The molecule has 0 aliphatic heterocycles. The molecule has 4 rings (SSSR count). The van der Waals surface area contributed by atoms with E-state index in [0.717, 1.165) is 35.7 Å². The van der Waals surface area contributed by atoms with Crippen molar-refractivity contribution in [3.8, 4) is 0 Å². The molecule has 0 aromatic rings. The maximum Gasteiger partial charge on any atom is 0.242 e. The Hall–Kier alpha value is -0.309. The average molecular weight is 535 g/mol. The normalized spacial score (nSPS) is 40.0. The molecule has 6 atom stereocenters. The summed E-state index contributed by atoms with van der Waals surface area (Å²) in [4.78, 5) is 0. The Morgan fingerprint density at radius 3 is 1.91 bits per heavy atom. The highest BCUT2D eigenvalue weighted by molar-refractivity contribution is 6.71. The summed E-state index contributed by atoms with van der Waals surface area (Å²) in [5, 5.41) is 0. The molecule has 4 aliphatic carbocycles. The Morgan fingerprint density at radius 2 is 1.34 bits per heavy atom. The van der Waals surface area contributed by atoms with E-state index in [2.05, 4.69) is 85.8 Å². The van der Waals surface area contributed by atoms with Crippen LogP contribution in [0.5, 0.6) is 0 Å². The smallest absolute Gasteiger partial charge is 0.242 e. The van der Waals surface area contributed by atoms with Crippen molar-refractivity contribution in [3.63, 3.8) is 0 Å². The molecule has 0 bridgehead atoms. The third-order valence-electron chi connectivity index (χ3n) is 9.77. The van der Waals surface area contributed by atoms with Crippen molar-refractivity contribution in [2.24, 2.45) is 28.6 Å². The molecule has 0 radical (unpaired) electrons. The molecule has 0 heterocycles. The fourth-order valence-electron chi connectivity index (χ4n) is 8.40. The first-order valence-corrected chi connectivity index (χ1v) is 24.5. The number of hydrogen-bond donors (Lipinski definition) is 0. The highest BCUT2D eigenvalue weighted by Gasteiger charge is 2.64. The van der Waals surface area contributed by atoms with Crippen LogP contribution in [0, 0.1) is 28.6 Å². The van der Waals surface area contributed by atoms with Crippen LogP contribution >= 0.6 is 0 Å². The maximum absolute atomic E-state index is 6.99. The summed E-state index contributed by atoms with van der Waals surface area (Å²) in [6.07, 6.45) is 11.2. The van der Waals surface area contributed by atoms with Crippen LogP contribution in [0.4, 0.5) is 0 Å². The molecular weight excluding hydrogens is 481 g/mol. The van der Waals surface area contributed by atoms with Gasteiger partial charge in [-0.3, -0.25) is 0 Å². The highest BCUT2D eigenvalue weighted by atomic mass is 28.4. The zero-order valence-electron chi connectivity index (χ0n) is 25.0. The Labute approximate surface area is 219 Å². The van der Waals surface area contributed by atoms with Gasteiger partial charge in [0.1, 0.15) is 11.5 Å². The SMILES string of the molecule is CC12CC=C(O[Si](C)(C)C)C(O[Si](C)(C)C)=C1CCC1C2CCC2(C)C1CC[C@]2(C)O[Si](C)(C)C. The van der Waals surface area contributed by atoms with Gasteiger partial charge in [-0.15, -0.1) is 0 Å². The second-order valence-corrected chi connectivity index (χ2v) is 29.1. The number of allylic oxidation sites excluding steroid dienone is 2. The van der Waals surface area contributed by atoms with E-state index < -0.39 is 25.0 Å². The summed E-state index contributed by atoms with van der Waals surface area (Å²) in [6, 6.07) is 0. The predicted molar refractivity (Wildman–Crippen MR) is 156 cm³/mol. The summed E-state index contributed by atoms with van der Waals surface area (Å²) >= 11 is 0. The molecule has 0 saturated heterocycles. The third kappa shape index (κ3) is 5.07. The summed E-state index contributed by atoms with van der Waals surface area (Å²) < 4.78 is 20.5. The minimum atomic E-state index is -1.77. The van der Waals surface area contributed by atoms with Gasteiger partial charge in [0.25, 0.3) is 0 Å². The highest BCUT2D eigenvalue weighted by Crippen LogP contribution is 2.69. The Bertz CT molecular complexity index is 906. The van der Waals surface area contributed by atoms with E-state index >= 15 is 0 Å². The van der Waals surface area contributed by atoms with Crippen LogP contribution in [-0.4, -0.2) is 30.6 Å². The summed E-state index contributed by atoms with van der Waals surface area (Å²) in [7, 11) is -5.09. The molecule has 200 valence electrons. The van der Waals surface area contributed by atoms with Crippen LogP contribution in [0.3, 0.4) is 0 Å². The lowest BCUT2D eigenvalue weighted by Gasteiger charge is -2.60. The van der Waals surface area contributed by atoms with Crippen LogP contribution in [0.2, 0.25) is 58.9 Å². The Kier molecular flexibility index (Phi) is 6.81. The van der Waals surface area contributed by atoms with Crippen LogP contribution in [0.15, 0.2) is 23.2 Å². The van der Waals surface area contributed by atoms with Gasteiger partial charge < -0.3 is 13.3 Å². The van der Waals surface area contributed by atoms with Crippen molar-refractivity contribution in [1.82, 2.24) is 0 Å². The Balaban J connectivity index is 1.68. The van der Waals surface area contributed by atoms with Gasteiger partial charge in [-0.2, -0.15) is 0 Å². The van der Waals surface area contributed by atoms with Crippen molar-refractivity contribution < 1.29 is 13.3 Å². The largest absolute Gasteiger partial charge is 0.542 e. The first kappa shape index (κ1) is 27.7. The van der Waals surface area contributed by atoms with Gasteiger partial charge in [0.2, 0.25) is 16.6 Å². The zero-order valence-corrected chi connectivity index (χ0v) is 28.0. The van der Waals surface area contributed by atoms with Gasteiger partial charge in [-0.25, -0.2) is 0 Å². The second kappa shape index (κ2) is 8.60. The van der Waals surface area contributed by atoms with Gasteiger partial charge in [0, 0.05) is 0 Å². The predicted octanol–water partition coefficient (Wildman–Crippen LogP) is 9.08. The minimum Gasteiger partial charge on any atom is -0.542 e. The molecule has 5 unspecified atom stereocenters. The van der Waals surface area contributed by atoms with E-state index in [9.17, 15) is 0 Å². The van der Waals surface area contributed by atoms with Gasteiger partial charge in [-0.05, 0) is 151 Å². The second-order valence-electron chi connectivity index (χ2n) is 15.8. The fourth-order valence-corrected chi connectivity index (χ4v) is 11.8. The summed E-state index contributed by atoms with van der Waals surface area (Å²) in [5.74, 6) is 4.53.